The van der Waals surface area contributed by atoms with E-state index in [0.717, 1.165) is 32.0 Å². The van der Waals surface area contributed by atoms with Gasteiger partial charge in [-0.15, -0.1) is 0 Å². The van der Waals surface area contributed by atoms with Crippen LogP contribution in [0.3, 0.4) is 0 Å². The van der Waals surface area contributed by atoms with Crippen molar-refractivity contribution in [2.45, 2.75) is 26.3 Å². The number of anilines is 2. The average Bonchev–Trinajstić information content (AvgIpc) is 2.39. The number of piperazine rings is 1. The zero-order valence-corrected chi connectivity index (χ0v) is 10.6. The molecule has 0 saturated carbocycles. The molecule has 94 valence electrons. The molecule has 0 bridgehead atoms. The van der Waals surface area contributed by atoms with Crippen LogP contribution in [0.15, 0.2) is 12.4 Å². The summed E-state index contributed by atoms with van der Waals surface area (Å²) in [6.45, 7) is 8.63. The second kappa shape index (κ2) is 5.31. The zero-order valence-electron chi connectivity index (χ0n) is 10.6. The van der Waals surface area contributed by atoms with Gasteiger partial charge in [0.25, 0.3) is 0 Å². The first-order valence-corrected chi connectivity index (χ1v) is 6.28. The molecule has 17 heavy (non-hydrogen) atoms. The van der Waals surface area contributed by atoms with E-state index in [4.69, 9.17) is 5.73 Å². The van der Waals surface area contributed by atoms with E-state index in [1.165, 1.54) is 6.42 Å². The molecule has 5 nitrogen and oxygen atoms in total. The number of nitrogen functional groups attached to an aromatic ring is 1. The van der Waals surface area contributed by atoms with Gasteiger partial charge in [-0.05, 0) is 13.3 Å². The lowest BCUT2D eigenvalue weighted by atomic mass is 10.2. The van der Waals surface area contributed by atoms with Crippen LogP contribution < -0.4 is 10.6 Å². The molecule has 2 heterocycles. The molecule has 1 aliphatic rings. The summed E-state index contributed by atoms with van der Waals surface area (Å²) in [6.07, 6.45) is 4.54. The highest BCUT2D eigenvalue weighted by atomic mass is 15.3. The van der Waals surface area contributed by atoms with Gasteiger partial charge in [0.15, 0.2) is 11.6 Å². The van der Waals surface area contributed by atoms with Gasteiger partial charge in [-0.3, -0.25) is 4.90 Å². The first kappa shape index (κ1) is 12.1. The molecule has 1 atom stereocenters. The highest BCUT2D eigenvalue weighted by molar-refractivity contribution is 5.57. The molecular formula is C12H21N5. The Morgan fingerprint density at radius 1 is 1.24 bits per heavy atom. The van der Waals surface area contributed by atoms with Crippen molar-refractivity contribution in [1.82, 2.24) is 14.9 Å². The van der Waals surface area contributed by atoms with E-state index < -0.39 is 0 Å². The molecule has 1 fully saturated rings. The lowest BCUT2D eigenvalue weighted by Crippen LogP contribution is -2.49. The highest BCUT2D eigenvalue weighted by Gasteiger charge is 2.22. The van der Waals surface area contributed by atoms with Crippen molar-refractivity contribution >= 4 is 11.6 Å². The third-order valence-electron chi connectivity index (χ3n) is 3.53. The molecule has 0 radical (unpaired) electrons. The molecular weight excluding hydrogens is 214 g/mol. The fraction of sp³-hybridized carbons (Fsp3) is 0.667. The summed E-state index contributed by atoms with van der Waals surface area (Å²) in [5, 5.41) is 0. The van der Waals surface area contributed by atoms with Crippen LogP contribution in [0.4, 0.5) is 11.6 Å². The number of hydrogen-bond acceptors (Lipinski definition) is 5. The average molecular weight is 235 g/mol. The van der Waals surface area contributed by atoms with Crippen LogP contribution in [0, 0.1) is 0 Å². The second-order valence-corrected chi connectivity index (χ2v) is 4.55. The van der Waals surface area contributed by atoms with Crippen LogP contribution in [0.5, 0.6) is 0 Å². The van der Waals surface area contributed by atoms with Crippen molar-refractivity contribution in [2.24, 2.45) is 0 Å². The van der Waals surface area contributed by atoms with E-state index >= 15 is 0 Å². The summed E-state index contributed by atoms with van der Waals surface area (Å²) < 4.78 is 0. The Hall–Kier alpha value is -1.36. The maximum Gasteiger partial charge on any atom is 0.171 e. The first-order chi connectivity index (χ1) is 8.22. The molecule has 0 amide bonds. The molecule has 0 aromatic carbocycles. The van der Waals surface area contributed by atoms with Gasteiger partial charge < -0.3 is 10.6 Å². The Bertz CT molecular complexity index is 360. The molecule has 0 spiro atoms. The van der Waals surface area contributed by atoms with E-state index in [-0.39, 0.29) is 0 Å². The smallest absolute Gasteiger partial charge is 0.171 e. The van der Waals surface area contributed by atoms with Crippen molar-refractivity contribution in [1.29, 1.82) is 0 Å². The van der Waals surface area contributed by atoms with E-state index in [0.29, 0.717) is 11.9 Å². The number of aromatic nitrogens is 2. The van der Waals surface area contributed by atoms with E-state index in [1.807, 2.05) is 0 Å². The molecule has 1 aromatic rings. The highest BCUT2D eigenvalue weighted by Crippen LogP contribution is 2.19. The molecule has 1 aliphatic heterocycles. The Kier molecular flexibility index (Phi) is 3.78. The van der Waals surface area contributed by atoms with Crippen LogP contribution in [-0.4, -0.2) is 47.1 Å². The third-order valence-corrected chi connectivity index (χ3v) is 3.53. The molecule has 1 aromatic heterocycles. The van der Waals surface area contributed by atoms with Crippen molar-refractivity contribution in [3.8, 4) is 0 Å². The Balaban J connectivity index is 1.98. The monoisotopic (exact) mass is 235 g/mol. The Morgan fingerprint density at radius 2 is 1.88 bits per heavy atom. The number of nitrogens with two attached hydrogens (primary N) is 1. The Morgan fingerprint density at radius 3 is 2.47 bits per heavy atom. The molecule has 2 rings (SSSR count). The number of nitrogens with zero attached hydrogens (tertiary/aromatic N) is 4. The predicted molar refractivity (Wildman–Crippen MR) is 70.0 cm³/mol. The van der Waals surface area contributed by atoms with E-state index in [9.17, 15) is 0 Å². The zero-order chi connectivity index (χ0) is 12.3. The second-order valence-electron chi connectivity index (χ2n) is 4.55. The van der Waals surface area contributed by atoms with Crippen molar-refractivity contribution in [3.63, 3.8) is 0 Å². The van der Waals surface area contributed by atoms with Gasteiger partial charge in [0.05, 0.1) is 0 Å². The molecule has 0 aliphatic carbocycles. The number of hydrogen-bond donors (Lipinski definition) is 1. The maximum absolute atomic E-state index is 5.84. The van der Waals surface area contributed by atoms with Crippen LogP contribution >= 0.6 is 0 Å². The quantitative estimate of drug-likeness (QED) is 0.846. The maximum atomic E-state index is 5.84. The summed E-state index contributed by atoms with van der Waals surface area (Å²) in [5.41, 5.74) is 5.84. The van der Waals surface area contributed by atoms with Gasteiger partial charge in [-0.2, -0.15) is 0 Å². The fourth-order valence-corrected chi connectivity index (χ4v) is 2.22. The van der Waals surface area contributed by atoms with Gasteiger partial charge in [0.2, 0.25) is 0 Å². The van der Waals surface area contributed by atoms with Crippen LogP contribution in [-0.2, 0) is 0 Å². The lowest BCUT2D eigenvalue weighted by molar-refractivity contribution is 0.192. The van der Waals surface area contributed by atoms with Gasteiger partial charge in [-0.25, -0.2) is 9.97 Å². The molecule has 1 saturated heterocycles. The summed E-state index contributed by atoms with van der Waals surface area (Å²) in [7, 11) is 0. The summed E-state index contributed by atoms with van der Waals surface area (Å²) in [4.78, 5) is 13.1. The summed E-state index contributed by atoms with van der Waals surface area (Å²) in [6, 6.07) is 0.663. The lowest BCUT2D eigenvalue weighted by Gasteiger charge is -2.38. The van der Waals surface area contributed by atoms with Crippen LogP contribution in [0.1, 0.15) is 20.3 Å². The first-order valence-electron chi connectivity index (χ1n) is 6.28. The van der Waals surface area contributed by atoms with Crippen LogP contribution in [0.25, 0.3) is 0 Å². The predicted octanol–water partition coefficient (Wildman–Crippen LogP) is 0.979. The standard InChI is InChI=1S/C12H21N5/c1-3-10(2)16-6-8-17(9-7-16)12-11(13)14-4-5-15-12/h4-5,10H,3,6-9H2,1-2H3,(H2,13,14). The fourth-order valence-electron chi connectivity index (χ4n) is 2.22. The van der Waals surface area contributed by atoms with Crippen LogP contribution in [0.2, 0.25) is 0 Å². The van der Waals surface area contributed by atoms with Gasteiger partial charge in [-0.1, -0.05) is 6.92 Å². The minimum Gasteiger partial charge on any atom is -0.381 e. The minimum absolute atomic E-state index is 0.532. The topological polar surface area (TPSA) is 58.3 Å². The SMILES string of the molecule is CCC(C)N1CCN(c2nccnc2N)CC1. The molecule has 5 heteroatoms. The number of rotatable bonds is 3. The van der Waals surface area contributed by atoms with Gasteiger partial charge in [0, 0.05) is 44.6 Å². The Labute approximate surface area is 103 Å². The van der Waals surface area contributed by atoms with Crippen molar-refractivity contribution in [2.75, 3.05) is 36.8 Å². The summed E-state index contributed by atoms with van der Waals surface area (Å²) in [5.74, 6) is 1.36. The molecule has 1 unspecified atom stereocenters. The van der Waals surface area contributed by atoms with Crippen molar-refractivity contribution < 1.29 is 0 Å². The normalized spacial score (nSPS) is 19.3. The summed E-state index contributed by atoms with van der Waals surface area (Å²) >= 11 is 0. The van der Waals surface area contributed by atoms with Gasteiger partial charge >= 0.3 is 0 Å². The molecule has 2 N–H and O–H groups in total. The van der Waals surface area contributed by atoms with Gasteiger partial charge in [0.1, 0.15) is 0 Å². The minimum atomic E-state index is 0.532. The van der Waals surface area contributed by atoms with E-state index in [1.54, 1.807) is 12.4 Å². The van der Waals surface area contributed by atoms with E-state index in [2.05, 4.69) is 33.6 Å². The van der Waals surface area contributed by atoms with Crippen molar-refractivity contribution in [3.05, 3.63) is 12.4 Å². The largest absolute Gasteiger partial charge is 0.381 e. The third kappa shape index (κ3) is 2.66.